The Bertz CT molecular complexity index is 400. The minimum Gasteiger partial charge on any atom is -0.310 e. The van der Waals surface area contributed by atoms with Gasteiger partial charge in [0.25, 0.3) is 0 Å². The molecule has 19 heavy (non-hydrogen) atoms. The van der Waals surface area contributed by atoms with Crippen molar-refractivity contribution in [3.63, 3.8) is 0 Å². The molecule has 108 valence electrons. The molecule has 0 radical (unpaired) electrons. The Morgan fingerprint density at radius 3 is 2.74 bits per heavy atom. The molecule has 0 spiro atoms. The molecule has 1 atom stereocenters. The SMILES string of the molecule is CCCCN(C)C(C)C(=O)Nc1ccnn1C(C)C. The highest BCUT2D eigenvalue weighted by atomic mass is 16.2. The average Bonchev–Trinajstić information content (AvgIpc) is 2.83. The van der Waals surface area contributed by atoms with Gasteiger partial charge in [-0.25, -0.2) is 4.68 Å². The van der Waals surface area contributed by atoms with Gasteiger partial charge in [0, 0.05) is 12.1 Å². The van der Waals surface area contributed by atoms with Crippen LogP contribution in [0.2, 0.25) is 0 Å². The minimum absolute atomic E-state index is 0.0148. The summed E-state index contributed by atoms with van der Waals surface area (Å²) in [7, 11) is 1.99. The molecule has 5 nitrogen and oxygen atoms in total. The lowest BCUT2D eigenvalue weighted by Crippen LogP contribution is -2.40. The van der Waals surface area contributed by atoms with Crippen molar-refractivity contribution < 1.29 is 4.79 Å². The summed E-state index contributed by atoms with van der Waals surface area (Å²) in [5.74, 6) is 0.775. The standard InChI is InChI=1S/C14H26N4O/c1-6-7-10-17(5)12(4)14(19)16-13-8-9-15-18(13)11(2)3/h8-9,11-12H,6-7,10H2,1-5H3,(H,16,19). The van der Waals surface area contributed by atoms with Crippen molar-refractivity contribution in [1.82, 2.24) is 14.7 Å². The van der Waals surface area contributed by atoms with Gasteiger partial charge in [0.1, 0.15) is 5.82 Å². The number of hydrogen-bond donors (Lipinski definition) is 1. The Morgan fingerprint density at radius 1 is 1.47 bits per heavy atom. The summed E-state index contributed by atoms with van der Waals surface area (Å²) < 4.78 is 1.82. The first-order chi connectivity index (χ1) is 8.97. The van der Waals surface area contributed by atoms with E-state index in [1.807, 2.05) is 38.6 Å². The fourth-order valence-corrected chi connectivity index (χ4v) is 1.86. The molecule has 0 aliphatic heterocycles. The van der Waals surface area contributed by atoms with Crippen LogP contribution in [0.25, 0.3) is 0 Å². The Balaban J connectivity index is 2.61. The normalized spacial score (nSPS) is 13.0. The van der Waals surface area contributed by atoms with E-state index in [2.05, 4.69) is 22.2 Å². The second-order valence-corrected chi connectivity index (χ2v) is 5.25. The van der Waals surface area contributed by atoms with Gasteiger partial charge in [-0.1, -0.05) is 13.3 Å². The highest BCUT2D eigenvalue weighted by molar-refractivity contribution is 5.93. The zero-order valence-electron chi connectivity index (χ0n) is 12.7. The molecule has 0 fully saturated rings. The van der Waals surface area contributed by atoms with Gasteiger partial charge in [0.15, 0.2) is 0 Å². The predicted octanol–water partition coefficient (Wildman–Crippen LogP) is 2.52. The zero-order valence-corrected chi connectivity index (χ0v) is 12.7. The van der Waals surface area contributed by atoms with Crippen LogP contribution in [-0.2, 0) is 4.79 Å². The molecular formula is C14H26N4O. The fraction of sp³-hybridized carbons (Fsp3) is 0.714. The number of unbranched alkanes of at least 4 members (excludes halogenated alkanes) is 1. The maximum atomic E-state index is 12.2. The van der Waals surface area contributed by atoms with E-state index in [4.69, 9.17) is 0 Å². The maximum Gasteiger partial charge on any atom is 0.242 e. The lowest BCUT2D eigenvalue weighted by atomic mass is 10.2. The van der Waals surface area contributed by atoms with E-state index >= 15 is 0 Å². The summed E-state index contributed by atoms with van der Waals surface area (Å²) in [5.41, 5.74) is 0. The van der Waals surface area contributed by atoms with Gasteiger partial charge in [-0.2, -0.15) is 5.10 Å². The monoisotopic (exact) mass is 266 g/mol. The summed E-state index contributed by atoms with van der Waals surface area (Å²) in [6, 6.07) is 1.93. The first-order valence-corrected chi connectivity index (χ1v) is 7.02. The van der Waals surface area contributed by atoms with Crippen molar-refractivity contribution in [3.8, 4) is 0 Å². The third-order valence-electron chi connectivity index (χ3n) is 3.32. The highest BCUT2D eigenvalue weighted by Crippen LogP contribution is 2.13. The number of amides is 1. The second kappa shape index (κ2) is 7.28. The second-order valence-electron chi connectivity index (χ2n) is 5.25. The topological polar surface area (TPSA) is 50.2 Å². The number of carbonyl (C=O) groups excluding carboxylic acids is 1. The summed E-state index contributed by atoms with van der Waals surface area (Å²) in [4.78, 5) is 14.3. The van der Waals surface area contributed by atoms with Gasteiger partial charge in [0.05, 0.1) is 12.2 Å². The van der Waals surface area contributed by atoms with Crippen molar-refractivity contribution in [2.75, 3.05) is 18.9 Å². The summed E-state index contributed by atoms with van der Waals surface area (Å²) >= 11 is 0. The van der Waals surface area contributed by atoms with Crippen LogP contribution in [0.15, 0.2) is 12.3 Å². The van der Waals surface area contributed by atoms with Gasteiger partial charge in [-0.3, -0.25) is 9.69 Å². The molecule has 0 saturated heterocycles. The van der Waals surface area contributed by atoms with Gasteiger partial charge in [-0.05, 0) is 40.8 Å². The average molecular weight is 266 g/mol. The number of nitrogens with one attached hydrogen (secondary N) is 1. The van der Waals surface area contributed by atoms with Crippen LogP contribution in [0.1, 0.15) is 46.6 Å². The molecule has 1 rings (SSSR count). The molecule has 1 aromatic heterocycles. The largest absolute Gasteiger partial charge is 0.310 e. The smallest absolute Gasteiger partial charge is 0.242 e. The number of carbonyl (C=O) groups is 1. The summed E-state index contributed by atoms with van der Waals surface area (Å²) in [6.45, 7) is 9.11. The Kier molecular flexibility index (Phi) is 6.02. The summed E-state index contributed by atoms with van der Waals surface area (Å²) in [5, 5.41) is 7.16. The van der Waals surface area contributed by atoms with E-state index in [0.717, 1.165) is 25.2 Å². The number of aromatic nitrogens is 2. The van der Waals surface area contributed by atoms with Crippen LogP contribution < -0.4 is 5.32 Å². The Hall–Kier alpha value is -1.36. The number of nitrogens with zero attached hydrogens (tertiary/aromatic N) is 3. The Labute approximate surface area is 116 Å². The van der Waals surface area contributed by atoms with Crippen LogP contribution in [-0.4, -0.2) is 40.2 Å². The molecule has 1 amide bonds. The van der Waals surface area contributed by atoms with E-state index in [0.29, 0.717) is 0 Å². The maximum absolute atomic E-state index is 12.2. The number of rotatable bonds is 7. The zero-order chi connectivity index (χ0) is 14.4. The molecule has 1 unspecified atom stereocenters. The molecule has 1 aromatic rings. The molecule has 0 saturated carbocycles. The van der Waals surface area contributed by atoms with Crippen molar-refractivity contribution in [3.05, 3.63) is 12.3 Å². The van der Waals surface area contributed by atoms with Gasteiger partial charge in [-0.15, -0.1) is 0 Å². The van der Waals surface area contributed by atoms with Gasteiger partial charge in [0.2, 0.25) is 5.91 Å². The van der Waals surface area contributed by atoms with Crippen molar-refractivity contribution in [2.24, 2.45) is 0 Å². The van der Waals surface area contributed by atoms with Crippen LogP contribution >= 0.6 is 0 Å². The van der Waals surface area contributed by atoms with Crippen molar-refractivity contribution in [2.45, 2.75) is 52.6 Å². The number of likely N-dealkylation sites (N-methyl/N-ethyl adjacent to an activating group) is 1. The highest BCUT2D eigenvalue weighted by Gasteiger charge is 2.19. The fourth-order valence-electron chi connectivity index (χ4n) is 1.86. The Morgan fingerprint density at radius 2 is 2.16 bits per heavy atom. The van der Waals surface area contributed by atoms with Gasteiger partial charge < -0.3 is 5.32 Å². The molecular weight excluding hydrogens is 240 g/mol. The minimum atomic E-state index is -0.137. The molecule has 0 aliphatic carbocycles. The molecule has 0 aliphatic rings. The molecule has 5 heteroatoms. The van der Waals surface area contributed by atoms with E-state index in [9.17, 15) is 4.79 Å². The van der Waals surface area contributed by atoms with Crippen molar-refractivity contribution in [1.29, 1.82) is 0 Å². The van der Waals surface area contributed by atoms with E-state index < -0.39 is 0 Å². The first kappa shape index (κ1) is 15.7. The lowest BCUT2D eigenvalue weighted by molar-refractivity contribution is -0.120. The van der Waals surface area contributed by atoms with Crippen molar-refractivity contribution >= 4 is 11.7 Å². The van der Waals surface area contributed by atoms with E-state index in [-0.39, 0.29) is 18.0 Å². The summed E-state index contributed by atoms with van der Waals surface area (Å²) in [6.07, 6.45) is 3.96. The third kappa shape index (κ3) is 4.35. The van der Waals surface area contributed by atoms with Crippen LogP contribution in [0.4, 0.5) is 5.82 Å². The molecule has 1 N–H and O–H groups in total. The van der Waals surface area contributed by atoms with Crippen LogP contribution in [0.5, 0.6) is 0 Å². The van der Waals surface area contributed by atoms with Crippen LogP contribution in [0.3, 0.4) is 0 Å². The number of hydrogen-bond acceptors (Lipinski definition) is 3. The third-order valence-corrected chi connectivity index (χ3v) is 3.32. The van der Waals surface area contributed by atoms with E-state index in [1.54, 1.807) is 6.20 Å². The predicted molar refractivity (Wildman–Crippen MR) is 78.2 cm³/mol. The van der Waals surface area contributed by atoms with Crippen LogP contribution in [0, 0.1) is 0 Å². The first-order valence-electron chi connectivity index (χ1n) is 7.02. The molecule has 1 heterocycles. The van der Waals surface area contributed by atoms with E-state index in [1.165, 1.54) is 0 Å². The quantitative estimate of drug-likeness (QED) is 0.825. The molecule has 0 aromatic carbocycles. The lowest BCUT2D eigenvalue weighted by Gasteiger charge is -2.24. The number of anilines is 1. The molecule has 0 bridgehead atoms. The van der Waals surface area contributed by atoms with Gasteiger partial charge >= 0.3 is 0 Å².